The van der Waals surface area contributed by atoms with Gasteiger partial charge in [-0.2, -0.15) is 0 Å². The van der Waals surface area contributed by atoms with Crippen LogP contribution in [0.4, 0.5) is 4.79 Å². The third-order valence-corrected chi connectivity index (χ3v) is 2.11. The molecule has 3 N–H and O–H groups in total. The molecule has 0 rings (SSSR count). The van der Waals surface area contributed by atoms with Crippen LogP contribution < -0.4 is 10.6 Å². The van der Waals surface area contributed by atoms with E-state index in [1.807, 2.05) is 6.92 Å². The smallest absolute Gasteiger partial charge is 0.326 e. The van der Waals surface area contributed by atoms with Crippen molar-refractivity contribution in [2.45, 2.75) is 39.2 Å². The summed E-state index contributed by atoms with van der Waals surface area (Å²) in [6, 6.07) is -1.28. The summed E-state index contributed by atoms with van der Waals surface area (Å²) in [5, 5.41) is 13.7. The minimum absolute atomic E-state index is 0.363. The number of rotatable bonds is 9. The van der Waals surface area contributed by atoms with E-state index in [2.05, 4.69) is 10.6 Å². The van der Waals surface area contributed by atoms with Gasteiger partial charge in [0.05, 0.1) is 0 Å². The van der Waals surface area contributed by atoms with Crippen molar-refractivity contribution in [2.24, 2.45) is 0 Å². The average Bonchev–Trinajstić information content (AvgIpc) is 2.30. The topological polar surface area (TPSA) is 87.7 Å². The first-order valence-corrected chi connectivity index (χ1v) is 5.96. The molecule has 0 radical (unpaired) electrons. The van der Waals surface area contributed by atoms with Gasteiger partial charge in [-0.25, -0.2) is 9.59 Å². The molecule has 6 nitrogen and oxygen atoms in total. The van der Waals surface area contributed by atoms with E-state index >= 15 is 0 Å². The van der Waals surface area contributed by atoms with Gasteiger partial charge in [0.2, 0.25) is 0 Å². The molecule has 0 saturated carbocycles. The molecule has 0 aliphatic carbocycles. The lowest BCUT2D eigenvalue weighted by Crippen LogP contribution is -2.45. The van der Waals surface area contributed by atoms with Crippen molar-refractivity contribution in [1.29, 1.82) is 0 Å². The van der Waals surface area contributed by atoms with E-state index in [0.29, 0.717) is 19.6 Å². The van der Waals surface area contributed by atoms with Crippen LogP contribution in [0, 0.1) is 0 Å². The maximum atomic E-state index is 11.3. The number of carboxylic acid groups (broad SMARTS) is 1. The Morgan fingerprint density at radius 2 is 2.00 bits per heavy atom. The number of aliphatic carboxylic acids is 1. The lowest BCUT2D eigenvalue weighted by molar-refractivity contribution is -0.139. The zero-order chi connectivity index (χ0) is 13.1. The van der Waals surface area contributed by atoms with Crippen LogP contribution in [-0.2, 0) is 9.53 Å². The molecule has 0 spiro atoms. The minimum atomic E-state index is -1.02. The van der Waals surface area contributed by atoms with Crippen molar-refractivity contribution in [2.75, 3.05) is 19.8 Å². The second-order valence-corrected chi connectivity index (χ2v) is 3.67. The summed E-state index contributed by atoms with van der Waals surface area (Å²) in [7, 11) is 0. The summed E-state index contributed by atoms with van der Waals surface area (Å²) in [6.07, 6.45) is 2.06. The highest BCUT2D eigenvalue weighted by atomic mass is 16.5. The number of urea groups is 1. The number of hydrogen-bond acceptors (Lipinski definition) is 3. The fourth-order valence-corrected chi connectivity index (χ4v) is 1.17. The number of nitrogens with one attached hydrogen (secondary N) is 2. The Bertz CT molecular complexity index is 234. The van der Waals surface area contributed by atoms with E-state index < -0.39 is 18.0 Å². The van der Waals surface area contributed by atoms with Gasteiger partial charge in [-0.05, 0) is 19.3 Å². The fraction of sp³-hybridized carbons (Fsp3) is 0.818. The van der Waals surface area contributed by atoms with Gasteiger partial charge in [0.1, 0.15) is 6.04 Å². The highest BCUT2D eigenvalue weighted by Gasteiger charge is 2.16. The third-order valence-electron chi connectivity index (χ3n) is 2.11. The molecule has 17 heavy (non-hydrogen) atoms. The summed E-state index contributed by atoms with van der Waals surface area (Å²) in [5.41, 5.74) is 0. The molecule has 0 aromatic heterocycles. The van der Waals surface area contributed by atoms with E-state index in [4.69, 9.17) is 9.84 Å². The summed E-state index contributed by atoms with van der Waals surface area (Å²) < 4.78 is 5.24. The number of amides is 2. The van der Waals surface area contributed by atoms with Gasteiger partial charge in [-0.15, -0.1) is 0 Å². The van der Waals surface area contributed by atoms with Crippen LogP contribution >= 0.6 is 0 Å². The SMILES string of the molecule is CCCOCCCNC(=O)NC(CC)C(=O)O. The quantitative estimate of drug-likeness (QED) is 0.529. The van der Waals surface area contributed by atoms with E-state index in [1.165, 1.54) is 0 Å². The molecule has 0 aliphatic rings. The first-order valence-electron chi connectivity index (χ1n) is 5.96. The summed E-state index contributed by atoms with van der Waals surface area (Å²) in [5.74, 6) is -1.02. The van der Waals surface area contributed by atoms with Crippen LogP contribution in [0.15, 0.2) is 0 Å². The molecule has 0 aromatic rings. The van der Waals surface area contributed by atoms with Gasteiger partial charge >= 0.3 is 12.0 Å². The van der Waals surface area contributed by atoms with Gasteiger partial charge < -0.3 is 20.5 Å². The Kier molecular flexibility index (Phi) is 9.14. The molecule has 0 saturated heterocycles. The van der Waals surface area contributed by atoms with Gasteiger partial charge in [0, 0.05) is 19.8 Å². The number of carbonyl (C=O) groups is 2. The van der Waals surface area contributed by atoms with Gasteiger partial charge in [0.15, 0.2) is 0 Å². The summed E-state index contributed by atoms with van der Waals surface area (Å²) in [6.45, 7) is 5.54. The Labute approximate surface area is 102 Å². The maximum Gasteiger partial charge on any atom is 0.326 e. The number of carboxylic acids is 1. The number of ether oxygens (including phenoxy) is 1. The van der Waals surface area contributed by atoms with Crippen molar-refractivity contribution < 1.29 is 19.4 Å². The van der Waals surface area contributed by atoms with Gasteiger partial charge in [-0.1, -0.05) is 13.8 Å². The Morgan fingerprint density at radius 3 is 2.53 bits per heavy atom. The van der Waals surface area contributed by atoms with Crippen LogP contribution in [0.2, 0.25) is 0 Å². The minimum Gasteiger partial charge on any atom is -0.480 e. The normalized spacial score (nSPS) is 11.9. The third kappa shape index (κ3) is 8.50. The zero-order valence-corrected chi connectivity index (χ0v) is 10.5. The summed E-state index contributed by atoms with van der Waals surface area (Å²) in [4.78, 5) is 21.9. The van der Waals surface area contributed by atoms with E-state index in [-0.39, 0.29) is 0 Å². The second-order valence-electron chi connectivity index (χ2n) is 3.67. The first kappa shape index (κ1) is 15.7. The van der Waals surface area contributed by atoms with E-state index in [0.717, 1.165) is 19.4 Å². The van der Waals surface area contributed by atoms with Crippen LogP contribution in [0.5, 0.6) is 0 Å². The molecule has 0 heterocycles. The van der Waals surface area contributed by atoms with Crippen LogP contribution in [-0.4, -0.2) is 42.9 Å². The molecule has 0 aromatic carbocycles. The standard InChI is InChI=1S/C11H22N2O4/c1-3-7-17-8-5-6-12-11(16)13-9(4-2)10(14)15/h9H,3-8H2,1-2H3,(H,14,15)(H2,12,13,16). The van der Waals surface area contributed by atoms with Crippen LogP contribution in [0.1, 0.15) is 33.1 Å². The molecule has 0 bridgehead atoms. The predicted octanol–water partition coefficient (Wildman–Crippen LogP) is 0.965. The maximum absolute atomic E-state index is 11.3. The molecular formula is C11H22N2O4. The second kappa shape index (κ2) is 9.89. The number of carbonyl (C=O) groups excluding carboxylic acids is 1. The van der Waals surface area contributed by atoms with E-state index in [1.54, 1.807) is 6.92 Å². The fourth-order valence-electron chi connectivity index (χ4n) is 1.17. The Balaban J connectivity index is 3.55. The zero-order valence-electron chi connectivity index (χ0n) is 10.5. The van der Waals surface area contributed by atoms with Crippen molar-refractivity contribution in [1.82, 2.24) is 10.6 Å². The monoisotopic (exact) mass is 246 g/mol. The molecule has 6 heteroatoms. The van der Waals surface area contributed by atoms with Crippen molar-refractivity contribution in [3.63, 3.8) is 0 Å². The first-order chi connectivity index (χ1) is 8.11. The molecular weight excluding hydrogens is 224 g/mol. The molecule has 1 unspecified atom stereocenters. The lowest BCUT2D eigenvalue weighted by atomic mass is 10.2. The van der Waals surface area contributed by atoms with Crippen LogP contribution in [0.25, 0.3) is 0 Å². The number of hydrogen-bond donors (Lipinski definition) is 3. The largest absolute Gasteiger partial charge is 0.480 e. The molecule has 100 valence electrons. The van der Waals surface area contributed by atoms with Crippen molar-refractivity contribution in [3.8, 4) is 0 Å². The summed E-state index contributed by atoms with van der Waals surface area (Å²) >= 11 is 0. The highest BCUT2D eigenvalue weighted by Crippen LogP contribution is 1.90. The molecule has 0 aliphatic heterocycles. The van der Waals surface area contributed by atoms with Crippen LogP contribution in [0.3, 0.4) is 0 Å². The van der Waals surface area contributed by atoms with E-state index in [9.17, 15) is 9.59 Å². The Morgan fingerprint density at radius 1 is 1.29 bits per heavy atom. The predicted molar refractivity (Wildman–Crippen MR) is 64.0 cm³/mol. The van der Waals surface area contributed by atoms with Crippen molar-refractivity contribution >= 4 is 12.0 Å². The average molecular weight is 246 g/mol. The van der Waals surface area contributed by atoms with Crippen molar-refractivity contribution in [3.05, 3.63) is 0 Å². The van der Waals surface area contributed by atoms with Gasteiger partial charge in [0.25, 0.3) is 0 Å². The van der Waals surface area contributed by atoms with Gasteiger partial charge in [-0.3, -0.25) is 0 Å². The molecule has 0 fully saturated rings. The molecule has 1 atom stereocenters. The molecule has 2 amide bonds. The highest BCUT2D eigenvalue weighted by molar-refractivity contribution is 5.82. The lowest BCUT2D eigenvalue weighted by Gasteiger charge is -2.13. The Hall–Kier alpha value is -1.30.